The second kappa shape index (κ2) is 3.75. The fraction of sp³-hybridized carbons (Fsp3) is 1.00. The molecule has 1 aliphatic carbocycles. The lowest BCUT2D eigenvalue weighted by Gasteiger charge is -2.34. The van der Waals surface area contributed by atoms with E-state index in [0.29, 0.717) is 6.10 Å². The van der Waals surface area contributed by atoms with E-state index in [2.05, 4.69) is 20.8 Å². The molecule has 1 rings (SSSR count). The largest absolute Gasteiger partial charge is 0.371 e. The third kappa shape index (κ3) is 3.11. The van der Waals surface area contributed by atoms with Gasteiger partial charge in [0.15, 0.2) is 0 Å². The second-order valence-electron chi connectivity index (χ2n) is 4.72. The highest BCUT2D eigenvalue weighted by molar-refractivity contribution is 4.80. The Labute approximate surface area is 75.5 Å². The van der Waals surface area contributed by atoms with Crippen LogP contribution in [0.4, 0.5) is 0 Å². The van der Waals surface area contributed by atoms with E-state index in [4.69, 9.17) is 10.5 Å². The zero-order valence-electron chi connectivity index (χ0n) is 8.47. The number of nitrogens with two attached hydrogens (primary N) is 1. The van der Waals surface area contributed by atoms with E-state index < -0.39 is 0 Å². The summed E-state index contributed by atoms with van der Waals surface area (Å²) >= 11 is 0. The molecular weight excluding hydrogens is 150 g/mol. The van der Waals surface area contributed by atoms with Crippen LogP contribution in [0.1, 0.15) is 46.5 Å². The van der Waals surface area contributed by atoms with Crippen molar-refractivity contribution < 1.29 is 4.74 Å². The van der Waals surface area contributed by atoms with Crippen LogP contribution >= 0.6 is 0 Å². The van der Waals surface area contributed by atoms with Crippen LogP contribution in [0, 0.1) is 0 Å². The van der Waals surface area contributed by atoms with Gasteiger partial charge in [0.1, 0.15) is 0 Å². The highest BCUT2D eigenvalue weighted by atomic mass is 16.5. The van der Waals surface area contributed by atoms with E-state index in [0.717, 1.165) is 12.8 Å². The Hall–Kier alpha value is -0.0800. The molecule has 0 aromatic carbocycles. The molecule has 72 valence electrons. The molecule has 0 unspecified atom stereocenters. The van der Waals surface area contributed by atoms with Crippen LogP contribution in [0.5, 0.6) is 0 Å². The molecule has 12 heavy (non-hydrogen) atoms. The molecule has 0 spiro atoms. The van der Waals surface area contributed by atoms with Gasteiger partial charge in [0.2, 0.25) is 0 Å². The van der Waals surface area contributed by atoms with E-state index in [-0.39, 0.29) is 11.6 Å². The van der Waals surface area contributed by atoms with Crippen molar-refractivity contribution in [3.63, 3.8) is 0 Å². The Balaban J connectivity index is 2.39. The predicted octanol–water partition coefficient (Wildman–Crippen LogP) is 2.07. The van der Waals surface area contributed by atoms with Gasteiger partial charge in [-0.15, -0.1) is 0 Å². The first kappa shape index (κ1) is 10.0. The molecule has 2 heteroatoms. The van der Waals surface area contributed by atoms with E-state index >= 15 is 0 Å². The van der Waals surface area contributed by atoms with Crippen molar-refractivity contribution in [1.82, 2.24) is 0 Å². The van der Waals surface area contributed by atoms with Gasteiger partial charge < -0.3 is 10.5 Å². The topological polar surface area (TPSA) is 35.2 Å². The Kier molecular flexibility index (Phi) is 3.13. The number of rotatable bonds is 1. The molecule has 1 aliphatic rings. The number of hydrogen-bond acceptors (Lipinski definition) is 2. The highest BCUT2D eigenvalue weighted by Crippen LogP contribution is 2.23. The molecule has 1 saturated carbocycles. The Morgan fingerprint density at radius 1 is 1.17 bits per heavy atom. The number of hydrogen-bond donors (Lipinski definition) is 1. The summed E-state index contributed by atoms with van der Waals surface area (Å²) in [5, 5.41) is 0. The van der Waals surface area contributed by atoms with E-state index in [1.165, 1.54) is 12.8 Å². The predicted molar refractivity (Wildman–Crippen MR) is 51.1 cm³/mol. The van der Waals surface area contributed by atoms with E-state index in [1.54, 1.807) is 0 Å². The number of ether oxygens (including phenoxy) is 1. The molecule has 2 nitrogen and oxygen atoms in total. The third-order valence-corrected chi connectivity index (χ3v) is 2.26. The summed E-state index contributed by atoms with van der Waals surface area (Å²) in [4.78, 5) is 0. The van der Waals surface area contributed by atoms with Crippen molar-refractivity contribution >= 4 is 0 Å². The summed E-state index contributed by atoms with van der Waals surface area (Å²) in [6.45, 7) is 6.27. The normalized spacial score (nSPS) is 32.0. The molecule has 0 heterocycles. The summed E-state index contributed by atoms with van der Waals surface area (Å²) in [6, 6.07) is 0.262. The van der Waals surface area contributed by atoms with Gasteiger partial charge in [-0.3, -0.25) is 0 Å². The summed E-state index contributed by atoms with van der Waals surface area (Å²) in [5.41, 5.74) is 5.92. The molecule has 0 radical (unpaired) electrons. The van der Waals surface area contributed by atoms with Crippen molar-refractivity contribution in [2.75, 3.05) is 0 Å². The first-order valence-corrected chi connectivity index (χ1v) is 4.92. The Morgan fingerprint density at radius 2 is 1.75 bits per heavy atom. The smallest absolute Gasteiger partial charge is 0.0733 e. The monoisotopic (exact) mass is 171 g/mol. The Morgan fingerprint density at radius 3 is 2.25 bits per heavy atom. The van der Waals surface area contributed by atoms with Gasteiger partial charge in [0, 0.05) is 6.04 Å². The van der Waals surface area contributed by atoms with Crippen LogP contribution in [0.15, 0.2) is 0 Å². The van der Waals surface area contributed by atoms with Crippen molar-refractivity contribution in [1.29, 1.82) is 0 Å². The van der Waals surface area contributed by atoms with Crippen LogP contribution in [0.3, 0.4) is 0 Å². The van der Waals surface area contributed by atoms with Gasteiger partial charge in [-0.25, -0.2) is 0 Å². The fourth-order valence-electron chi connectivity index (χ4n) is 1.73. The van der Waals surface area contributed by atoms with Crippen LogP contribution in [0.25, 0.3) is 0 Å². The maximum absolute atomic E-state index is 5.96. The molecule has 2 N–H and O–H groups in total. The molecule has 0 aromatic heterocycles. The minimum absolute atomic E-state index is 0.0420. The highest BCUT2D eigenvalue weighted by Gasteiger charge is 2.26. The van der Waals surface area contributed by atoms with Gasteiger partial charge >= 0.3 is 0 Å². The second-order valence-corrected chi connectivity index (χ2v) is 4.72. The summed E-state index contributed by atoms with van der Waals surface area (Å²) < 4.78 is 5.87. The third-order valence-electron chi connectivity index (χ3n) is 2.26. The van der Waals surface area contributed by atoms with Crippen LogP contribution in [-0.4, -0.2) is 17.7 Å². The van der Waals surface area contributed by atoms with Gasteiger partial charge in [-0.2, -0.15) is 0 Å². The first-order chi connectivity index (χ1) is 5.49. The molecule has 0 saturated heterocycles. The van der Waals surface area contributed by atoms with E-state index in [1.807, 2.05) is 0 Å². The lowest BCUT2D eigenvalue weighted by molar-refractivity contribution is -0.0813. The zero-order valence-corrected chi connectivity index (χ0v) is 8.47. The van der Waals surface area contributed by atoms with Gasteiger partial charge in [-0.05, 0) is 33.6 Å². The molecule has 0 amide bonds. The maximum Gasteiger partial charge on any atom is 0.0733 e. The van der Waals surface area contributed by atoms with Crippen molar-refractivity contribution in [3.05, 3.63) is 0 Å². The first-order valence-electron chi connectivity index (χ1n) is 4.92. The van der Waals surface area contributed by atoms with Crippen LogP contribution in [0.2, 0.25) is 0 Å². The quantitative estimate of drug-likeness (QED) is 0.655. The molecule has 0 aliphatic heterocycles. The molecule has 0 aromatic rings. The minimum atomic E-state index is -0.0420. The molecular formula is C10H21NO. The van der Waals surface area contributed by atoms with Crippen LogP contribution < -0.4 is 5.73 Å². The summed E-state index contributed by atoms with van der Waals surface area (Å²) in [6.07, 6.45) is 5.09. The van der Waals surface area contributed by atoms with E-state index in [9.17, 15) is 0 Å². The van der Waals surface area contributed by atoms with Gasteiger partial charge in [0.25, 0.3) is 0 Å². The van der Waals surface area contributed by atoms with Crippen molar-refractivity contribution in [2.24, 2.45) is 5.73 Å². The molecule has 2 atom stereocenters. The standard InChI is InChI=1S/C10H21NO/c1-10(2,3)12-9-7-5-4-6-8(9)11/h8-9H,4-7,11H2,1-3H3/t8-,9-/m0/s1. The minimum Gasteiger partial charge on any atom is -0.371 e. The van der Waals surface area contributed by atoms with Gasteiger partial charge in [-0.1, -0.05) is 12.8 Å². The maximum atomic E-state index is 5.96. The Bertz CT molecular complexity index is 139. The summed E-state index contributed by atoms with van der Waals surface area (Å²) in [7, 11) is 0. The lowest BCUT2D eigenvalue weighted by Crippen LogP contribution is -2.43. The average molecular weight is 171 g/mol. The van der Waals surface area contributed by atoms with Gasteiger partial charge in [0.05, 0.1) is 11.7 Å². The molecule has 0 bridgehead atoms. The van der Waals surface area contributed by atoms with Crippen molar-refractivity contribution in [3.8, 4) is 0 Å². The van der Waals surface area contributed by atoms with Crippen LogP contribution in [-0.2, 0) is 4.74 Å². The SMILES string of the molecule is CC(C)(C)O[C@H]1CCCC[C@@H]1N. The zero-order chi connectivity index (χ0) is 9.19. The lowest BCUT2D eigenvalue weighted by atomic mass is 9.92. The fourth-order valence-corrected chi connectivity index (χ4v) is 1.73. The summed E-state index contributed by atoms with van der Waals surface area (Å²) in [5.74, 6) is 0. The molecule has 1 fully saturated rings. The van der Waals surface area contributed by atoms with Crippen molar-refractivity contribution in [2.45, 2.75) is 64.2 Å². The average Bonchev–Trinajstić information content (AvgIpc) is 1.91.